The van der Waals surface area contributed by atoms with Crippen molar-refractivity contribution in [3.8, 4) is 0 Å². The molecule has 94 valence electrons. The zero-order chi connectivity index (χ0) is 12.0. The number of hydrogen-bond acceptors (Lipinski definition) is 3. The monoisotopic (exact) mass is 227 g/mol. The second-order valence-electron chi connectivity index (χ2n) is 4.71. The van der Waals surface area contributed by atoms with Gasteiger partial charge in [0.05, 0.1) is 6.04 Å². The predicted molar refractivity (Wildman–Crippen MR) is 66.7 cm³/mol. The first-order valence-corrected chi connectivity index (χ1v) is 6.46. The van der Waals surface area contributed by atoms with E-state index in [1.54, 1.807) is 0 Å². The molecule has 0 aromatic carbocycles. The van der Waals surface area contributed by atoms with Crippen LogP contribution < -0.4 is 11.1 Å². The van der Waals surface area contributed by atoms with Gasteiger partial charge in [0.2, 0.25) is 0 Å². The van der Waals surface area contributed by atoms with Gasteiger partial charge in [-0.3, -0.25) is 0 Å². The van der Waals surface area contributed by atoms with Crippen molar-refractivity contribution >= 4 is 5.84 Å². The molecular weight excluding hydrogens is 202 g/mol. The zero-order valence-corrected chi connectivity index (χ0v) is 10.4. The predicted octanol–water partition coefficient (Wildman–Crippen LogP) is 2.07. The largest absolute Gasteiger partial charge is 0.409 e. The third kappa shape index (κ3) is 3.37. The van der Waals surface area contributed by atoms with Gasteiger partial charge in [0.25, 0.3) is 0 Å². The van der Waals surface area contributed by atoms with E-state index in [-0.39, 0.29) is 6.04 Å². The molecule has 1 aliphatic rings. The van der Waals surface area contributed by atoms with Crippen molar-refractivity contribution in [2.24, 2.45) is 16.8 Å². The molecule has 4 heteroatoms. The SMILES string of the molecule is CCC(NC1CCCCC1CC)C(N)=NO. The quantitative estimate of drug-likeness (QED) is 0.291. The normalized spacial score (nSPS) is 29.0. The van der Waals surface area contributed by atoms with Crippen LogP contribution in [0.5, 0.6) is 0 Å². The van der Waals surface area contributed by atoms with Gasteiger partial charge < -0.3 is 16.3 Å². The fraction of sp³-hybridized carbons (Fsp3) is 0.917. The lowest BCUT2D eigenvalue weighted by molar-refractivity contribution is 0.245. The van der Waals surface area contributed by atoms with Gasteiger partial charge in [-0.1, -0.05) is 38.3 Å². The third-order valence-electron chi connectivity index (χ3n) is 3.73. The Morgan fingerprint density at radius 1 is 1.44 bits per heavy atom. The highest BCUT2D eigenvalue weighted by Crippen LogP contribution is 2.27. The Balaban J connectivity index is 2.55. The molecule has 0 amide bonds. The van der Waals surface area contributed by atoms with Crippen LogP contribution in [0.4, 0.5) is 0 Å². The lowest BCUT2D eigenvalue weighted by atomic mass is 9.82. The van der Waals surface area contributed by atoms with Crippen molar-refractivity contribution in [3.05, 3.63) is 0 Å². The summed E-state index contributed by atoms with van der Waals surface area (Å²) >= 11 is 0. The Morgan fingerprint density at radius 2 is 2.12 bits per heavy atom. The van der Waals surface area contributed by atoms with Gasteiger partial charge in [-0.05, 0) is 25.2 Å². The van der Waals surface area contributed by atoms with Crippen molar-refractivity contribution in [2.75, 3.05) is 0 Å². The van der Waals surface area contributed by atoms with Crippen LogP contribution in [0.15, 0.2) is 5.16 Å². The van der Waals surface area contributed by atoms with Gasteiger partial charge in [-0.2, -0.15) is 0 Å². The number of hydrogen-bond donors (Lipinski definition) is 3. The molecule has 0 aromatic heterocycles. The van der Waals surface area contributed by atoms with Crippen LogP contribution >= 0.6 is 0 Å². The van der Waals surface area contributed by atoms with E-state index in [2.05, 4.69) is 24.3 Å². The first kappa shape index (κ1) is 13.3. The Labute approximate surface area is 98.3 Å². The first-order valence-electron chi connectivity index (χ1n) is 6.46. The number of nitrogens with one attached hydrogen (secondary N) is 1. The van der Waals surface area contributed by atoms with Crippen LogP contribution in [-0.2, 0) is 0 Å². The Kier molecular flexibility index (Phi) is 5.60. The van der Waals surface area contributed by atoms with E-state index in [9.17, 15) is 0 Å². The van der Waals surface area contributed by atoms with E-state index in [0.29, 0.717) is 11.9 Å². The van der Waals surface area contributed by atoms with Gasteiger partial charge in [-0.25, -0.2) is 0 Å². The minimum absolute atomic E-state index is 0.0159. The molecule has 0 saturated heterocycles. The van der Waals surface area contributed by atoms with Gasteiger partial charge in [0.15, 0.2) is 5.84 Å². The van der Waals surface area contributed by atoms with Crippen LogP contribution in [0.2, 0.25) is 0 Å². The molecule has 1 rings (SSSR count). The van der Waals surface area contributed by atoms with Gasteiger partial charge >= 0.3 is 0 Å². The maximum absolute atomic E-state index is 8.71. The molecule has 16 heavy (non-hydrogen) atoms. The van der Waals surface area contributed by atoms with Crippen molar-refractivity contribution in [1.82, 2.24) is 5.32 Å². The lowest BCUT2D eigenvalue weighted by Gasteiger charge is -2.34. The van der Waals surface area contributed by atoms with Crippen molar-refractivity contribution in [2.45, 2.75) is 64.5 Å². The van der Waals surface area contributed by atoms with Crippen molar-refractivity contribution < 1.29 is 5.21 Å². The minimum atomic E-state index is 0.0159. The van der Waals surface area contributed by atoms with Gasteiger partial charge in [-0.15, -0.1) is 0 Å². The number of nitrogens with two attached hydrogens (primary N) is 1. The number of amidine groups is 1. The number of nitrogens with zero attached hydrogens (tertiary/aromatic N) is 1. The van der Waals surface area contributed by atoms with Crippen LogP contribution in [0, 0.1) is 5.92 Å². The highest BCUT2D eigenvalue weighted by atomic mass is 16.4. The van der Waals surface area contributed by atoms with E-state index in [0.717, 1.165) is 12.3 Å². The molecule has 1 saturated carbocycles. The second kappa shape index (κ2) is 6.74. The molecule has 1 fully saturated rings. The molecule has 0 radical (unpaired) electrons. The standard InChI is InChI=1S/C12H25N3O/c1-3-9-7-5-6-8-11(9)14-10(4-2)12(13)15-16/h9-11,14,16H,3-8H2,1-2H3,(H2,13,15). The molecule has 0 aliphatic heterocycles. The summed E-state index contributed by atoms with van der Waals surface area (Å²) in [4.78, 5) is 0. The summed E-state index contributed by atoms with van der Waals surface area (Å²) in [7, 11) is 0. The minimum Gasteiger partial charge on any atom is -0.409 e. The number of rotatable bonds is 5. The highest BCUT2D eigenvalue weighted by molar-refractivity contribution is 5.85. The Bertz CT molecular complexity index is 230. The summed E-state index contributed by atoms with van der Waals surface area (Å²) < 4.78 is 0. The average Bonchev–Trinajstić information content (AvgIpc) is 2.35. The second-order valence-corrected chi connectivity index (χ2v) is 4.71. The topological polar surface area (TPSA) is 70.6 Å². The van der Waals surface area contributed by atoms with Crippen LogP contribution in [-0.4, -0.2) is 23.1 Å². The summed E-state index contributed by atoms with van der Waals surface area (Å²) in [5, 5.41) is 15.4. The van der Waals surface area contributed by atoms with Crippen LogP contribution in [0.3, 0.4) is 0 Å². The van der Waals surface area contributed by atoms with Gasteiger partial charge in [0, 0.05) is 6.04 Å². The molecular formula is C12H25N3O. The Hall–Kier alpha value is -0.770. The molecule has 0 bridgehead atoms. The maximum atomic E-state index is 8.71. The average molecular weight is 227 g/mol. The summed E-state index contributed by atoms with van der Waals surface area (Å²) in [6, 6.07) is 0.547. The third-order valence-corrected chi connectivity index (χ3v) is 3.73. The van der Waals surface area contributed by atoms with E-state index in [4.69, 9.17) is 10.9 Å². The molecule has 0 heterocycles. The van der Waals surface area contributed by atoms with Crippen LogP contribution in [0.25, 0.3) is 0 Å². The number of oxime groups is 1. The van der Waals surface area contributed by atoms with Crippen molar-refractivity contribution in [1.29, 1.82) is 0 Å². The molecule has 4 N–H and O–H groups in total. The summed E-state index contributed by atoms with van der Waals surface area (Å²) in [5.74, 6) is 1.05. The molecule has 4 nitrogen and oxygen atoms in total. The fourth-order valence-corrected chi connectivity index (χ4v) is 2.66. The van der Waals surface area contributed by atoms with E-state index in [1.165, 1.54) is 32.1 Å². The van der Waals surface area contributed by atoms with Crippen LogP contribution in [0.1, 0.15) is 52.4 Å². The lowest BCUT2D eigenvalue weighted by Crippen LogP contribution is -2.49. The highest BCUT2D eigenvalue weighted by Gasteiger charge is 2.26. The fourth-order valence-electron chi connectivity index (χ4n) is 2.66. The molecule has 0 spiro atoms. The Morgan fingerprint density at radius 3 is 2.69 bits per heavy atom. The van der Waals surface area contributed by atoms with E-state index in [1.807, 2.05) is 0 Å². The summed E-state index contributed by atoms with van der Waals surface area (Å²) in [6.45, 7) is 4.30. The van der Waals surface area contributed by atoms with E-state index < -0.39 is 0 Å². The molecule has 3 unspecified atom stereocenters. The van der Waals surface area contributed by atoms with E-state index >= 15 is 0 Å². The van der Waals surface area contributed by atoms with Crippen molar-refractivity contribution in [3.63, 3.8) is 0 Å². The van der Waals surface area contributed by atoms with Gasteiger partial charge in [0.1, 0.15) is 0 Å². The summed E-state index contributed by atoms with van der Waals surface area (Å²) in [6.07, 6.45) is 7.24. The molecule has 1 aliphatic carbocycles. The summed E-state index contributed by atoms with van der Waals surface area (Å²) in [5.41, 5.74) is 5.67. The maximum Gasteiger partial charge on any atom is 0.156 e. The smallest absolute Gasteiger partial charge is 0.156 e. The molecule has 0 aromatic rings. The molecule has 3 atom stereocenters. The first-order chi connectivity index (χ1) is 7.72. The zero-order valence-electron chi connectivity index (χ0n) is 10.4.